The summed E-state index contributed by atoms with van der Waals surface area (Å²) in [5.41, 5.74) is 0.456. The average Bonchev–Trinajstić information content (AvgIpc) is 3.25. The average molecular weight is 370 g/mol. The number of sulfonamides is 1. The normalized spacial score (nSPS) is 19.4. The van der Waals surface area contributed by atoms with Crippen molar-refractivity contribution in [3.63, 3.8) is 0 Å². The zero-order chi connectivity index (χ0) is 17.9. The molecule has 2 aromatic heterocycles. The molecule has 0 aliphatic carbocycles. The van der Waals surface area contributed by atoms with Gasteiger partial charge in [-0.3, -0.25) is 4.90 Å². The first-order valence-corrected chi connectivity index (χ1v) is 9.41. The van der Waals surface area contributed by atoms with E-state index in [1.165, 1.54) is 19.4 Å². The van der Waals surface area contributed by atoms with Gasteiger partial charge in [-0.2, -0.15) is 4.98 Å². The van der Waals surface area contributed by atoms with Crippen molar-refractivity contribution in [3.8, 4) is 11.6 Å². The Labute approximate surface area is 146 Å². The molecular weight excluding hydrogens is 348 g/mol. The first-order valence-electron chi connectivity index (χ1n) is 7.93. The molecule has 0 bridgehead atoms. The summed E-state index contributed by atoms with van der Waals surface area (Å²) < 4.78 is 36.9. The molecule has 25 heavy (non-hydrogen) atoms. The van der Waals surface area contributed by atoms with E-state index in [0.717, 1.165) is 19.6 Å². The van der Waals surface area contributed by atoms with Crippen LogP contribution in [0.2, 0.25) is 0 Å². The highest BCUT2D eigenvalue weighted by molar-refractivity contribution is 7.89. The molecule has 11 heteroatoms. The molecule has 0 aromatic carbocycles. The summed E-state index contributed by atoms with van der Waals surface area (Å²) in [5, 5.41) is 7.32. The highest BCUT2D eigenvalue weighted by Gasteiger charge is 2.26. The SMILES string of the molecule is COCCNS(=O)(=O)c1c[nH]c(-c2nc(C3CNCCN3C)no2)c1. The lowest BCUT2D eigenvalue weighted by atomic mass is 10.2. The molecule has 0 amide bonds. The van der Waals surface area contributed by atoms with Crippen LogP contribution in [0, 0.1) is 0 Å². The zero-order valence-corrected chi connectivity index (χ0v) is 15.0. The van der Waals surface area contributed by atoms with Crippen molar-refractivity contribution < 1.29 is 17.7 Å². The van der Waals surface area contributed by atoms with E-state index in [9.17, 15) is 8.42 Å². The number of hydrogen-bond acceptors (Lipinski definition) is 8. The van der Waals surface area contributed by atoms with Crippen LogP contribution in [0.15, 0.2) is 21.7 Å². The zero-order valence-electron chi connectivity index (χ0n) is 14.2. The quantitative estimate of drug-likeness (QED) is 0.561. The lowest BCUT2D eigenvalue weighted by Gasteiger charge is -2.30. The van der Waals surface area contributed by atoms with E-state index >= 15 is 0 Å². The maximum Gasteiger partial charge on any atom is 0.274 e. The van der Waals surface area contributed by atoms with Gasteiger partial charge >= 0.3 is 0 Å². The van der Waals surface area contributed by atoms with Gasteiger partial charge in [0.25, 0.3) is 5.89 Å². The fourth-order valence-corrected chi connectivity index (χ4v) is 3.59. The van der Waals surface area contributed by atoms with Crippen LogP contribution < -0.4 is 10.0 Å². The van der Waals surface area contributed by atoms with Gasteiger partial charge < -0.3 is 19.6 Å². The monoisotopic (exact) mass is 370 g/mol. The minimum Gasteiger partial charge on any atom is -0.383 e. The van der Waals surface area contributed by atoms with Crippen LogP contribution in [-0.4, -0.2) is 75.4 Å². The summed E-state index contributed by atoms with van der Waals surface area (Å²) >= 11 is 0. The molecule has 10 nitrogen and oxygen atoms in total. The van der Waals surface area contributed by atoms with E-state index < -0.39 is 10.0 Å². The molecule has 1 aliphatic rings. The van der Waals surface area contributed by atoms with E-state index in [1.54, 1.807) is 0 Å². The van der Waals surface area contributed by atoms with E-state index in [2.05, 4.69) is 30.1 Å². The molecule has 3 N–H and O–H groups in total. The van der Waals surface area contributed by atoms with E-state index in [1.807, 2.05) is 7.05 Å². The predicted octanol–water partition coefficient (Wildman–Crippen LogP) is -0.434. The third-order valence-electron chi connectivity index (χ3n) is 4.05. The highest BCUT2D eigenvalue weighted by Crippen LogP contribution is 2.23. The van der Waals surface area contributed by atoms with Gasteiger partial charge in [0, 0.05) is 39.5 Å². The van der Waals surface area contributed by atoms with Gasteiger partial charge in [-0.05, 0) is 13.1 Å². The van der Waals surface area contributed by atoms with Gasteiger partial charge in [-0.15, -0.1) is 0 Å². The number of nitrogens with one attached hydrogen (secondary N) is 3. The van der Waals surface area contributed by atoms with Gasteiger partial charge in [0.1, 0.15) is 10.6 Å². The molecule has 1 fully saturated rings. The Bertz CT molecular complexity index is 802. The van der Waals surface area contributed by atoms with Crippen LogP contribution in [-0.2, 0) is 14.8 Å². The number of aromatic nitrogens is 3. The van der Waals surface area contributed by atoms with E-state index in [0.29, 0.717) is 18.1 Å². The lowest BCUT2D eigenvalue weighted by Crippen LogP contribution is -2.44. The summed E-state index contributed by atoms with van der Waals surface area (Å²) in [7, 11) is -0.0959. The minimum atomic E-state index is -3.61. The van der Waals surface area contributed by atoms with Crippen molar-refractivity contribution >= 4 is 10.0 Å². The number of H-pyrrole nitrogens is 1. The van der Waals surface area contributed by atoms with Crippen molar-refractivity contribution in [2.45, 2.75) is 10.9 Å². The second-order valence-electron chi connectivity index (χ2n) is 5.80. The Kier molecular flexibility index (Phi) is 5.49. The molecule has 3 rings (SSSR count). The number of hydrogen-bond donors (Lipinski definition) is 3. The Hall–Kier alpha value is -1.79. The van der Waals surface area contributed by atoms with Gasteiger partial charge in [-0.25, -0.2) is 13.1 Å². The van der Waals surface area contributed by atoms with E-state index in [-0.39, 0.29) is 23.4 Å². The van der Waals surface area contributed by atoms with Gasteiger partial charge in [0.2, 0.25) is 10.0 Å². The third kappa shape index (κ3) is 4.07. The first kappa shape index (κ1) is 18.0. The number of likely N-dealkylation sites (N-methyl/N-ethyl adjacent to an activating group) is 1. The van der Waals surface area contributed by atoms with Crippen molar-refractivity contribution in [3.05, 3.63) is 18.1 Å². The Morgan fingerprint density at radius 3 is 3.12 bits per heavy atom. The van der Waals surface area contributed by atoms with Crippen molar-refractivity contribution in [2.24, 2.45) is 0 Å². The van der Waals surface area contributed by atoms with Crippen LogP contribution in [0.5, 0.6) is 0 Å². The Morgan fingerprint density at radius 2 is 2.36 bits per heavy atom. The molecule has 1 saturated heterocycles. The minimum absolute atomic E-state index is 0.0279. The summed E-state index contributed by atoms with van der Waals surface area (Å²) in [4.78, 5) is 9.52. The standard InChI is InChI=1S/C14H22N6O4S/c1-20-5-3-15-9-12(20)13-18-14(24-19-13)11-7-10(8-16-11)25(21,22)17-4-6-23-2/h7-8,12,15-17H,3-6,9H2,1-2H3. The molecule has 0 saturated carbocycles. The first-order chi connectivity index (χ1) is 12.0. The number of rotatable bonds is 7. The number of methoxy groups -OCH3 is 1. The topological polar surface area (TPSA) is 125 Å². The Balaban J connectivity index is 1.74. The van der Waals surface area contributed by atoms with Gasteiger partial charge in [-0.1, -0.05) is 5.16 Å². The lowest BCUT2D eigenvalue weighted by molar-refractivity contribution is 0.190. The second kappa shape index (κ2) is 7.62. The van der Waals surface area contributed by atoms with Gasteiger partial charge in [0.15, 0.2) is 5.82 Å². The fourth-order valence-electron chi connectivity index (χ4n) is 2.59. The summed E-state index contributed by atoms with van der Waals surface area (Å²) in [6.07, 6.45) is 1.39. The third-order valence-corrected chi connectivity index (χ3v) is 5.49. The summed E-state index contributed by atoms with van der Waals surface area (Å²) in [6.45, 7) is 3.05. The molecule has 1 unspecified atom stereocenters. The molecule has 2 aromatic rings. The van der Waals surface area contributed by atoms with Crippen molar-refractivity contribution in [1.82, 2.24) is 30.1 Å². The summed E-state index contributed by atoms with van der Waals surface area (Å²) in [5.74, 6) is 0.828. The maximum absolute atomic E-state index is 12.2. The molecular formula is C14H22N6O4S. The Morgan fingerprint density at radius 1 is 1.52 bits per heavy atom. The maximum atomic E-state index is 12.2. The fraction of sp³-hybridized carbons (Fsp3) is 0.571. The van der Waals surface area contributed by atoms with Gasteiger partial charge in [0.05, 0.1) is 12.6 Å². The number of piperazine rings is 1. The van der Waals surface area contributed by atoms with E-state index in [4.69, 9.17) is 9.26 Å². The van der Waals surface area contributed by atoms with Crippen LogP contribution >= 0.6 is 0 Å². The van der Waals surface area contributed by atoms with Crippen LogP contribution in [0.3, 0.4) is 0 Å². The van der Waals surface area contributed by atoms with Crippen molar-refractivity contribution in [2.75, 3.05) is 46.9 Å². The molecule has 1 aliphatic heterocycles. The molecule has 138 valence electrons. The van der Waals surface area contributed by atoms with Crippen LogP contribution in [0.25, 0.3) is 11.6 Å². The highest BCUT2D eigenvalue weighted by atomic mass is 32.2. The molecule has 1 atom stereocenters. The van der Waals surface area contributed by atoms with Crippen molar-refractivity contribution in [1.29, 1.82) is 0 Å². The number of ether oxygens (including phenoxy) is 1. The number of nitrogens with zero attached hydrogens (tertiary/aromatic N) is 3. The predicted molar refractivity (Wildman–Crippen MR) is 89.4 cm³/mol. The van der Waals surface area contributed by atoms with Crippen LogP contribution in [0.4, 0.5) is 0 Å². The number of aromatic amines is 1. The molecule has 0 spiro atoms. The smallest absolute Gasteiger partial charge is 0.274 e. The molecule has 3 heterocycles. The van der Waals surface area contributed by atoms with Crippen LogP contribution in [0.1, 0.15) is 11.9 Å². The summed E-state index contributed by atoms with van der Waals surface area (Å²) in [6, 6.07) is 1.50. The molecule has 0 radical (unpaired) electrons. The largest absolute Gasteiger partial charge is 0.383 e. The second-order valence-corrected chi connectivity index (χ2v) is 7.56.